The number of sulfone groups is 1. The summed E-state index contributed by atoms with van der Waals surface area (Å²) in [5, 5.41) is 5.11. The third-order valence-corrected chi connectivity index (χ3v) is 4.64. The van der Waals surface area contributed by atoms with Crippen molar-refractivity contribution in [3.8, 4) is 0 Å². The molecular weight excluding hydrogens is 312 g/mol. The first-order chi connectivity index (χ1) is 10.8. The van der Waals surface area contributed by atoms with Crippen LogP contribution >= 0.6 is 0 Å². The van der Waals surface area contributed by atoms with Gasteiger partial charge in [-0.2, -0.15) is 0 Å². The molecule has 1 unspecified atom stereocenters. The minimum Gasteiger partial charge on any atom is -0.354 e. The van der Waals surface area contributed by atoms with Gasteiger partial charge in [-0.25, -0.2) is 8.42 Å². The maximum Gasteiger partial charge on any atom is 0.236 e. The van der Waals surface area contributed by atoms with Crippen molar-refractivity contribution < 1.29 is 13.2 Å². The van der Waals surface area contributed by atoms with Crippen molar-refractivity contribution in [3.63, 3.8) is 0 Å². The van der Waals surface area contributed by atoms with Crippen molar-refractivity contribution in [2.75, 3.05) is 18.6 Å². The Labute approximate surface area is 136 Å². The topological polar surface area (TPSA) is 89.3 Å². The molecule has 6 heteroatoms. The summed E-state index contributed by atoms with van der Waals surface area (Å²) in [7, 11) is -3.10. The normalized spacial score (nSPS) is 13.0. The van der Waals surface area contributed by atoms with Crippen LogP contribution in [0, 0.1) is 0 Å². The van der Waals surface area contributed by atoms with E-state index < -0.39 is 15.9 Å². The van der Waals surface area contributed by atoms with Gasteiger partial charge in [0.05, 0.1) is 11.8 Å². The first-order valence-electron chi connectivity index (χ1n) is 7.54. The van der Waals surface area contributed by atoms with Gasteiger partial charge in [0.25, 0.3) is 0 Å². The molecule has 1 atom stereocenters. The van der Waals surface area contributed by atoms with Gasteiger partial charge in [0.1, 0.15) is 9.84 Å². The number of carbonyl (C=O) groups is 1. The molecule has 0 fully saturated rings. The highest BCUT2D eigenvalue weighted by molar-refractivity contribution is 7.90. The predicted octanol–water partition coefficient (Wildman–Crippen LogP) is 1.26. The lowest BCUT2D eigenvalue weighted by molar-refractivity contribution is -0.122. The molecule has 0 aromatic heterocycles. The highest BCUT2D eigenvalue weighted by Crippen LogP contribution is 2.15. The number of fused-ring (bicyclic) bond motifs is 1. The predicted molar refractivity (Wildman–Crippen MR) is 93.0 cm³/mol. The Morgan fingerprint density at radius 1 is 1.17 bits per heavy atom. The van der Waals surface area contributed by atoms with E-state index in [1.807, 2.05) is 18.2 Å². The van der Waals surface area contributed by atoms with Crippen LogP contribution in [0.15, 0.2) is 42.5 Å². The SMILES string of the molecule is CS(=O)(=O)CCC(N)C(=O)NCCc1ccc2ccccc2c1. The second kappa shape index (κ2) is 7.57. The van der Waals surface area contributed by atoms with Crippen LogP contribution in [0.4, 0.5) is 0 Å². The largest absolute Gasteiger partial charge is 0.354 e. The lowest BCUT2D eigenvalue weighted by Gasteiger charge is -2.12. The minimum atomic E-state index is -3.10. The van der Waals surface area contributed by atoms with E-state index in [2.05, 4.69) is 29.6 Å². The Morgan fingerprint density at radius 2 is 1.87 bits per heavy atom. The van der Waals surface area contributed by atoms with Gasteiger partial charge >= 0.3 is 0 Å². The Kier molecular flexibility index (Phi) is 5.74. The third-order valence-electron chi connectivity index (χ3n) is 3.66. The zero-order valence-corrected chi connectivity index (χ0v) is 14.0. The van der Waals surface area contributed by atoms with Crippen LogP contribution in [-0.4, -0.2) is 38.9 Å². The summed E-state index contributed by atoms with van der Waals surface area (Å²) in [6.45, 7) is 0.476. The number of rotatable bonds is 7. The molecule has 0 spiro atoms. The van der Waals surface area contributed by atoms with Crippen LogP contribution in [0.1, 0.15) is 12.0 Å². The van der Waals surface area contributed by atoms with Crippen LogP contribution in [-0.2, 0) is 21.1 Å². The zero-order valence-electron chi connectivity index (χ0n) is 13.2. The number of hydrogen-bond acceptors (Lipinski definition) is 4. The molecule has 2 aromatic carbocycles. The molecule has 0 saturated carbocycles. The molecule has 23 heavy (non-hydrogen) atoms. The molecule has 0 aliphatic heterocycles. The van der Waals surface area contributed by atoms with Crippen LogP contribution in [0.5, 0.6) is 0 Å². The van der Waals surface area contributed by atoms with Gasteiger partial charge < -0.3 is 11.1 Å². The molecule has 2 aromatic rings. The highest BCUT2D eigenvalue weighted by Gasteiger charge is 2.15. The standard InChI is InChI=1S/C17H22N2O3S/c1-23(21,22)11-9-16(18)17(20)19-10-8-13-6-7-14-4-2-3-5-15(14)12-13/h2-7,12,16H,8-11,18H2,1H3,(H,19,20). The Hall–Kier alpha value is -1.92. The van der Waals surface area contributed by atoms with Crippen molar-refractivity contribution in [1.29, 1.82) is 0 Å². The van der Waals surface area contributed by atoms with E-state index in [1.54, 1.807) is 0 Å². The maximum atomic E-state index is 11.8. The van der Waals surface area contributed by atoms with Gasteiger partial charge in [0.15, 0.2) is 0 Å². The lowest BCUT2D eigenvalue weighted by Crippen LogP contribution is -2.42. The number of hydrogen-bond donors (Lipinski definition) is 2. The molecule has 1 amide bonds. The number of nitrogens with two attached hydrogens (primary N) is 1. The van der Waals surface area contributed by atoms with Gasteiger partial charge in [-0.1, -0.05) is 42.5 Å². The van der Waals surface area contributed by atoms with E-state index in [1.165, 1.54) is 10.8 Å². The Morgan fingerprint density at radius 3 is 2.57 bits per heavy atom. The van der Waals surface area contributed by atoms with E-state index in [0.29, 0.717) is 13.0 Å². The summed E-state index contributed by atoms with van der Waals surface area (Å²) < 4.78 is 22.2. The van der Waals surface area contributed by atoms with Gasteiger partial charge in [0, 0.05) is 12.8 Å². The summed E-state index contributed by atoms with van der Waals surface area (Å²) in [6.07, 6.45) is 1.98. The van der Waals surface area contributed by atoms with Crippen molar-refractivity contribution in [2.24, 2.45) is 5.73 Å². The summed E-state index contributed by atoms with van der Waals surface area (Å²) in [4.78, 5) is 11.8. The summed E-state index contributed by atoms with van der Waals surface area (Å²) in [5.74, 6) is -0.388. The van der Waals surface area contributed by atoms with Gasteiger partial charge in [-0.3, -0.25) is 4.79 Å². The van der Waals surface area contributed by atoms with E-state index in [0.717, 1.165) is 11.8 Å². The van der Waals surface area contributed by atoms with Gasteiger partial charge in [-0.15, -0.1) is 0 Å². The van der Waals surface area contributed by atoms with E-state index in [4.69, 9.17) is 5.73 Å². The van der Waals surface area contributed by atoms with E-state index in [-0.39, 0.29) is 18.1 Å². The number of carbonyl (C=O) groups excluding carboxylic acids is 1. The number of amides is 1. The monoisotopic (exact) mass is 334 g/mol. The molecule has 3 N–H and O–H groups in total. The molecule has 2 rings (SSSR count). The van der Waals surface area contributed by atoms with Crippen molar-refractivity contribution in [3.05, 3.63) is 48.0 Å². The molecule has 5 nitrogen and oxygen atoms in total. The van der Waals surface area contributed by atoms with Crippen LogP contribution in [0.25, 0.3) is 10.8 Å². The summed E-state index contributed by atoms with van der Waals surface area (Å²) in [6, 6.07) is 13.5. The smallest absolute Gasteiger partial charge is 0.236 e. The summed E-state index contributed by atoms with van der Waals surface area (Å²) in [5.41, 5.74) is 6.83. The van der Waals surface area contributed by atoms with E-state index >= 15 is 0 Å². The molecule has 0 bridgehead atoms. The Balaban J connectivity index is 1.82. The third kappa shape index (κ3) is 5.65. The van der Waals surface area contributed by atoms with Crippen LogP contribution in [0.2, 0.25) is 0 Å². The van der Waals surface area contributed by atoms with Crippen molar-refractivity contribution >= 4 is 26.5 Å². The number of nitrogens with one attached hydrogen (secondary N) is 1. The maximum absolute atomic E-state index is 11.8. The van der Waals surface area contributed by atoms with E-state index in [9.17, 15) is 13.2 Å². The zero-order chi connectivity index (χ0) is 16.9. The van der Waals surface area contributed by atoms with Gasteiger partial charge in [-0.05, 0) is 29.2 Å². The van der Waals surface area contributed by atoms with Gasteiger partial charge in [0.2, 0.25) is 5.91 Å². The first kappa shape index (κ1) is 17.4. The second-order valence-electron chi connectivity index (χ2n) is 5.75. The average Bonchev–Trinajstić information content (AvgIpc) is 2.51. The second-order valence-corrected chi connectivity index (χ2v) is 8.01. The number of benzene rings is 2. The fourth-order valence-corrected chi connectivity index (χ4v) is 3.01. The molecule has 124 valence electrons. The quantitative estimate of drug-likeness (QED) is 0.798. The lowest BCUT2D eigenvalue weighted by atomic mass is 10.1. The Bertz CT molecular complexity index is 787. The fourth-order valence-electron chi connectivity index (χ4n) is 2.33. The molecule has 0 aliphatic carbocycles. The van der Waals surface area contributed by atoms with Crippen LogP contribution in [0.3, 0.4) is 0 Å². The molecule has 0 radical (unpaired) electrons. The average molecular weight is 334 g/mol. The minimum absolute atomic E-state index is 0.0771. The first-order valence-corrected chi connectivity index (χ1v) is 9.60. The van der Waals surface area contributed by atoms with Crippen molar-refractivity contribution in [1.82, 2.24) is 5.32 Å². The highest BCUT2D eigenvalue weighted by atomic mass is 32.2. The van der Waals surface area contributed by atoms with Crippen molar-refractivity contribution in [2.45, 2.75) is 18.9 Å². The fraction of sp³-hybridized carbons (Fsp3) is 0.353. The molecule has 0 saturated heterocycles. The van der Waals surface area contributed by atoms with Crippen LogP contribution < -0.4 is 11.1 Å². The summed E-state index contributed by atoms with van der Waals surface area (Å²) >= 11 is 0. The molecule has 0 heterocycles. The molecule has 0 aliphatic rings. The molecular formula is C17H22N2O3S.